The summed E-state index contributed by atoms with van der Waals surface area (Å²) in [5.41, 5.74) is 2.89. The molecular formula is C11H14N2O3S. The Labute approximate surface area is 104 Å². The molecule has 0 aliphatic rings. The third-order valence-electron chi connectivity index (χ3n) is 2.08. The molecule has 1 unspecified atom stereocenters. The molecule has 0 aliphatic heterocycles. The van der Waals surface area contributed by atoms with Crippen molar-refractivity contribution >= 4 is 23.6 Å². The van der Waals surface area contributed by atoms with E-state index in [9.17, 15) is 9.59 Å². The van der Waals surface area contributed by atoms with Crippen LogP contribution in [0.2, 0.25) is 0 Å². The van der Waals surface area contributed by atoms with Crippen molar-refractivity contribution in [2.24, 2.45) is 5.84 Å². The average molecular weight is 254 g/mol. The van der Waals surface area contributed by atoms with Crippen LogP contribution >= 0.6 is 11.8 Å². The van der Waals surface area contributed by atoms with Crippen LogP contribution in [0.4, 0.5) is 0 Å². The predicted molar refractivity (Wildman–Crippen MR) is 66.0 cm³/mol. The smallest absolute Gasteiger partial charge is 0.315 e. The molecule has 1 amide bonds. The van der Waals surface area contributed by atoms with Crippen molar-refractivity contribution in [2.45, 2.75) is 5.25 Å². The molecule has 0 radical (unpaired) electrons. The highest BCUT2D eigenvalue weighted by atomic mass is 32.2. The lowest BCUT2D eigenvalue weighted by molar-refractivity contribution is -0.137. The van der Waals surface area contributed by atoms with Gasteiger partial charge < -0.3 is 4.74 Å². The number of hydrazine groups is 1. The second kappa shape index (κ2) is 6.93. The second-order valence-corrected chi connectivity index (χ2v) is 4.28. The number of nitrogens with two attached hydrogens (primary N) is 1. The Morgan fingerprint density at radius 3 is 2.59 bits per heavy atom. The van der Waals surface area contributed by atoms with E-state index in [4.69, 9.17) is 5.84 Å². The highest BCUT2D eigenvalue weighted by molar-refractivity contribution is 8.00. The van der Waals surface area contributed by atoms with Gasteiger partial charge in [-0.25, -0.2) is 5.84 Å². The van der Waals surface area contributed by atoms with E-state index in [-0.39, 0.29) is 17.6 Å². The molecule has 0 saturated carbocycles. The van der Waals surface area contributed by atoms with E-state index in [0.29, 0.717) is 0 Å². The van der Waals surface area contributed by atoms with E-state index in [1.54, 1.807) is 0 Å². The lowest BCUT2D eigenvalue weighted by Gasteiger charge is -2.14. The first-order chi connectivity index (χ1) is 8.19. The molecule has 5 nitrogen and oxygen atoms in total. The number of nitrogens with one attached hydrogen (secondary N) is 1. The first-order valence-electron chi connectivity index (χ1n) is 4.93. The highest BCUT2D eigenvalue weighted by Gasteiger charge is 2.21. The Bertz CT molecular complexity index is 384. The minimum Gasteiger partial charge on any atom is -0.468 e. The zero-order chi connectivity index (χ0) is 12.7. The molecule has 1 aromatic rings. The van der Waals surface area contributed by atoms with Gasteiger partial charge in [-0.15, -0.1) is 11.8 Å². The molecule has 0 aromatic heterocycles. The van der Waals surface area contributed by atoms with Gasteiger partial charge in [0.15, 0.2) is 0 Å². The molecule has 1 aromatic carbocycles. The maximum absolute atomic E-state index is 11.6. The Balaban J connectivity index is 2.75. The third-order valence-corrected chi connectivity index (χ3v) is 3.30. The molecule has 6 heteroatoms. The molecule has 0 heterocycles. The predicted octanol–water partition coefficient (Wildman–Crippen LogP) is 0.624. The summed E-state index contributed by atoms with van der Waals surface area (Å²) in [7, 11) is 1.31. The number of rotatable bonds is 5. The van der Waals surface area contributed by atoms with Gasteiger partial charge in [0.2, 0.25) is 0 Å². The zero-order valence-electron chi connectivity index (χ0n) is 9.38. The Kier molecular flexibility index (Phi) is 5.51. The van der Waals surface area contributed by atoms with E-state index in [0.717, 1.165) is 5.56 Å². The number of amides is 1. The quantitative estimate of drug-likeness (QED) is 0.348. The van der Waals surface area contributed by atoms with Crippen LogP contribution in [0, 0.1) is 0 Å². The fraction of sp³-hybridized carbons (Fsp3) is 0.273. The number of carbonyl (C=O) groups excluding carboxylic acids is 2. The minimum atomic E-state index is -0.514. The van der Waals surface area contributed by atoms with Gasteiger partial charge in [0.05, 0.1) is 12.9 Å². The van der Waals surface area contributed by atoms with Crippen LogP contribution in [0.3, 0.4) is 0 Å². The summed E-state index contributed by atoms with van der Waals surface area (Å²) in [6.07, 6.45) is 0. The number of carbonyl (C=O) groups is 2. The number of ether oxygens (including phenoxy) is 1. The number of esters is 1. The van der Waals surface area contributed by atoms with E-state index >= 15 is 0 Å². The van der Waals surface area contributed by atoms with Crippen molar-refractivity contribution < 1.29 is 14.3 Å². The highest BCUT2D eigenvalue weighted by Crippen LogP contribution is 2.28. The van der Waals surface area contributed by atoms with Crippen molar-refractivity contribution in [1.29, 1.82) is 0 Å². The van der Waals surface area contributed by atoms with Crippen molar-refractivity contribution in [3.8, 4) is 0 Å². The normalized spacial score (nSPS) is 11.6. The van der Waals surface area contributed by atoms with Crippen LogP contribution in [0.25, 0.3) is 0 Å². The van der Waals surface area contributed by atoms with Crippen molar-refractivity contribution in [2.75, 3.05) is 12.9 Å². The summed E-state index contributed by atoms with van der Waals surface area (Å²) in [5.74, 6) is 4.50. The van der Waals surface area contributed by atoms with E-state index in [1.165, 1.54) is 18.9 Å². The van der Waals surface area contributed by atoms with Crippen LogP contribution in [0.1, 0.15) is 10.8 Å². The fourth-order valence-corrected chi connectivity index (χ4v) is 2.23. The van der Waals surface area contributed by atoms with Crippen molar-refractivity contribution in [3.05, 3.63) is 35.9 Å². The van der Waals surface area contributed by atoms with Crippen molar-refractivity contribution in [3.63, 3.8) is 0 Å². The Hall–Kier alpha value is -1.53. The van der Waals surface area contributed by atoms with Crippen LogP contribution < -0.4 is 11.3 Å². The minimum absolute atomic E-state index is 0.101. The molecule has 92 valence electrons. The van der Waals surface area contributed by atoms with Crippen LogP contribution in [-0.2, 0) is 14.3 Å². The van der Waals surface area contributed by atoms with Crippen LogP contribution in [-0.4, -0.2) is 24.7 Å². The third kappa shape index (κ3) is 4.08. The average Bonchev–Trinajstić information content (AvgIpc) is 2.39. The molecule has 0 fully saturated rings. The number of methoxy groups -OCH3 is 1. The van der Waals surface area contributed by atoms with Gasteiger partial charge in [0.25, 0.3) is 5.91 Å². The van der Waals surface area contributed by atoms with Gasteiger partial charge >= 0.3 is 5.97 Å². The Morgan fingerprint density at radius 1 is 1.41 bits per heavy atom. The molecule has 0 spiro atoms. The van der Waals surface area contributed by atoms with Gasteiger partial charge in [-0.3, -0.25) is 15.0 Å². The van der Waals surface area contributed by atoms with E-state index < -0.39 is 5.25 Å². The lowest BCUT2D eigenvalue weighted by Crippen LogP contribution is -2.34. The summed E-state index contributed by atoms with van der Waals surface area (Å²) in [6, 6.07) is 9.12. The van der Waals surface area contributed by atoms with Gasteiger partial charge in [-0.2, -0.15) is 0 Å². The summed E-state index contributed by atoms with van der Waals surface area (Å²) in [4.78, 5) is 22.7. The standard InChI is InChI=1S/C11H14N2O3S/c1-16-9(14)7-17-10(11(15)13-12)8-5-3-2-4-6-8/h2-6,10H,7,12H2,1H3,(H,13,15). The fourth-order valence-electron chi connectivity index (χ4n) is 1.24. The first-order valence-corrected chi connectivity index (χ1v) is 5.97. The summed E-state index contributed by atoms with van der Waals surface area (Å²) >= 11 is 1.17. The summed E-state index contributed by atoms with van der Waals surface area (Å²) < 4.78 is 4.53. The molecule has 3 N–H and O–H groups in total. The number of thioether (sulfide) groups is 1. The first kappa shape index (κ1) is 13.5. The van der Waals surface area contributed by atoms with Gasteiger partial charge in [-0.05, 0) is 5.56 Å². The summed E-state index contributed by atoms with van der Waals surface area (Å²) in [6.45, 7) is 0. The number of hydrogen-bond acceptors (Lipinski definition) is 5. The van der Waals surface area contributed by atoms with E-state index in [2.05, 4.69) is 10.2 Å². The van der Waals surface area contributed by atoms with Gasteiger partial charge in [0.1, 0.15) is 5.25 Å². The molecule has 1 atom stereocenters. The SMILES string of the molecule is COC(=O)CSC(C(=O)NN)c1ccccc1. The zero-order valence-corrected chi connectivity index (χ0v) is 10.2. The molecule has 17 heavy (non-hydrogen) atoms. The molecule has 0 saturated heterocycles. The van der Waals surface area contributed by atoms with Crippen molar-refractivity contribution in [1.82, 2.24) is 5.43 Å². The lowest BCUT2D eigenvalue weighted by atomic mass is 10.1. The molecular weight excluding hydrogens is 240 g/mol. The number of benzene rings is 1. The second-order valence-electron chi connectivity index (χ2n) is 3.19. The van der Waals surface area contributed by atoms with Crippen LogP contribution in [0.15, 0.2) is 30.3 Å². The maximum Gasteiger partial charge on any atom is 0.315 e. The molecule has 0 aliphatic carbocycles. The Morgan fingerprint density at radius 2 is 2.06 bits per heavy atom. The molecule has 0 bridgehead atoms. The largest absolute Gasteiger partial charge is 0.468 e. The van der Waals surface area contributed by atoms with Gasteiger partial charge in [0, 0.05) is 0 Å². The number of hydrogen-bond donors (Lipinski definition) is 2. The molecule has 1 rings (SSSR count). The summed E-state index contributed by atoms with van der Waals surface area (Å²) in [5, 5.41) is -0.514. The van der Waals surface area contributed by atoms with E-state index in [1.807, 2.05) is 30.3 Å². The van der Waals surface area contributed by atoms with Gasteiger partial charge in [-0.1, -0.05) is 30.3 Å². The maximum atomic E-state index is 11.6. The van der Waals surface area contributed by atoms with Crippen LogP contribution in [0.5, 0.6) is 0 Å². The topological polar surface area (TPSA) is 81.4 Å². The monoisotopic (exact) mass is 254 g/mol.